The van der Waals surface area contributed by atoms with Crippen LogP contribution in [0.2, 0.25) is 0 Å². The van der Waals surface area contributed by atoms with Crippen molar-refractivity contribution in [2.45, 2.75) is 6.61 Å². The highest BCUT2D eigenvalue weighted by Crippen LogP contribution is 2.19. The highest BCUT2D eigenvalue weighted by Gasteiger charge is 2.05. The zero-order chi connectivity index (χ0) is 18.4. The van der Waals surface area contributed by atoms with Gasteiger partial charge in [0, 0.05) is 11.8 Å². The lowest BCUT2D eigenvalue weighted by Gasteiger charge is -2.08. The van der Waals surface area contributed by atoms with Crippen LogP contribution >= 0.6 is 0 Å². The maximum absolute atomic E-state index is 13.0. The summed E-state index contributed by atoms with van der Waals surface area (Å²) in [5.41, 5.74) is 1.39. The van der Waals surface area contributed by atoms with Crippen molar-refractivity contribution in [1.82, 2.24) is 9.97 Å². The molecule has 0 aliphatic rings. The van der Waals surface area contributed by atoms with E-state index in [-0.39, 0.29) is 12.4 Å². The predicted octanol–water partition coefficient (Wildman–Crippen LogP) is 3.33. The normalized spacial score (nSPS) is 10.3. The van der Waals surface area contributed by atoms with Crippen LogP contribution in [0, 0.1) is 5.82 Å². The van der Waals surface area contributed by atoms with Crippen molar-refractivity contribution in [3.63, 3.8) is 0 Å². The van der Waals surface area contributed by atoms with Crippen molar-refractivity contribution in [1.29, 1.82) is 0 Å². The standard InChI is InChI=1S/C19H15FN2O4/c20-14-3-1-13(2-4-14)19-21-10-9-15(22-19)11-25-16-5-7-17(8-6-16)26-12-18(23)24/h1-10H,11-12H2,(H,23,24). The summed E-state index contributed by atoms with van der Waals surface area (Å²) in [6.45, 7) is -0.167. The highest BCUT2D eigenvalue weighted by atomic mass is 19.1. The number of rotatable bonds is 7. The number of benzene rings is 2. The average Bonchev–Trinajstić information content (AvgIpc) is 2.66. The van der Waals surface area contributed by atoms with Gasteiger partial charge in [-0.1, -0.05) is 0 Å². The van der Waals surface area contributed by atoms with Gasteiger partial charge in [-0.05, 0) is 54.6 Å². The molecule has 6 nitrogen and oxygen atoms in total. The van der Waals surface area contributed by atoms with Gasteiger partial charge in [0.2, 0.25) is 0 Å². The van der Waals surface area contributed by atoms with E-state index in [0.29, 0.717) is 28.6 Å². The van der Waals surface area contributed by atoms with E-state index >= 15 is 0 Å². The summed E-state index contributed by atoms with van der Waals surface area (Å²) >= 11 is 0. The smallest absolute Gasteiger partial charge is 0.341 e. The Balaban J connectivity index is 1.62. The molecule has 1 aromatic heterocycles. The Bertz CT molecular complexity index is 883. The quantitative estimate of drug-likeness (QED) is 0.701. The van der Waals surface area contributed by atoms with Crippen molar-refractivity contribution in [2.75, 3.05) is 6.61 Å². The monoisotopic (exact) mass is 354 g/mol. The first kappa shape index (κ1) is 17.3. The van der Waals surface area contributed by atoms with Gasteiger partial charge in [-0.2, -0.15) is 0 Å². The van der Waals surface area contributed by atoms with E-state index in [0.717, 1.165) is 0 Å². The molecule has 0 unspecified atom stereocenters. The third-order valence-corrected chi connectivity index (χ3v) is 3.39. The van der Waals surface area contributed by atoms with Gasteiger partial charge >= 0.3 is 5.97 Å². The first-order valence-electron chi connectivity index (χ1n) is 7.75. The lowest BCUT2D eigenvalue weighted by atomic mass is 10.2. The van der Waals surface area contributed by atoms with Gasteiger partial charge in [0.05, 0.1) is 5.69 Å². The molecular formula is C19H15FN2O4. The van der Waals surface area contributed by atoms with E-state index in [1.54, 1.807) is 48.7 Å². The van der Waals surface area contributed by atoms with Crippen LogP contribution in [-0.4, -0.2) is 27.7 Å². The molecule has 7 heteroatoms. The number of nitrogens with zero attached hydrogens (tertiary/aromatic N) is 2. The Morgan fingerprint density at radius 2 is 1.62 bits per heavy atom. The molecule has 0 fully saturated rings. The topological polar surface area (TPSA) is 81.5 Å². The molecule has 26 heavy (non-hydrogen) atoms. The molecule has 0 aliphatic heterocycles. The van der Waals surface area contributed by atoms with Crippen molar-refractivity contribution >= 4 is 5.97 Å². The molecule has 0 saturated carbocycles. The molecule has 132 valence electrons. The molecule has 0 amide bonds. The number of carboxylic acids is 1. The number of aromatic nitrogens is 2. The third-order valence-electron chi connectivity index (χ3n) is 3.39. The zero-order valence-corrected chi connectivity index (χ0v) is 13.6. The number of carboxylic acid groups (broad SMARTS) is 1. The minimum absolute atomic E-state index is 0.228. The molecule has 2 aromatic carbocycles. The van der Waals surface area contributed by atoms with Gasteiger partial charge in [0.1, 0.15) is 23.9 Å². The number of hydrogen-bond donors (Lipinski definition) is 1. The van der Waals surface area contributed by atoms with Crippen molar-refractivity contribution < 1.29 is 23.8 Å². The molecule has 0 saturated heterocycles. The Morgan fingerprint density at radius 1 is 0.962 bits per heavy atom. The van der Waals surface area contributed by atoms with Gasteiger partial charge < -0.3 is 14.6 Å². The van der Waals surface area contributed by atoms with Gasteiger partial charge in [-0.15, -0.1) is 0 Å². The fraction of sp³-hybridized carbons (Fsp3) is 0.105. The molecule has 0 spiro atoms. The van der Waals surface area contributed by atoms with Gasteiger partial charge in [0.25, 0.3) is 0 Å². The third kappa shape index (κ3) is 4.76. The summed E-state index contributed by atoms with van der Waals surface area (Å²) < 4.78 is 23.7. The Labute approximate surface area is 148 Å². The first-order chi connectivity index (χ1) is 12.6. The fourth-order valence-corrected chi connectivity index (χ4v) is 2.15. The van der Waals surface area contributed by atoms with Crippen LogP contribution in [-0.2, 0) is 11.4 Å². The van der Waals surface area contributed by atoms with E-state index in [1.165, 1.54) is 12.1 Å². The van der Waals surface area contributed by atoms with Crippen LogP contribution in [0.5, 0.6) is 11.5 Å². The van der Waals surface area contributed by atoms with Crippen LogP contribution in [0.1, 0.15) is 5.69 Å². The Kier molecular flexibility index (Phi) is 5.38. The maximum atomic E-state index is 13.0. The SMILES string of the molecule is O=C(O)COc1ccc(OCc2ccnc(-c3ccc(F)cc3)n2)cc1. The summed E-state index contributed by atoms with van der Waals surface area (Å²) in [4.78, 5) is 19.1. The predicted molar refractivity (Wildman–Crippen MR) is 91.3 cm³/mol. The summed E-state index contributed by atoms with van der Waals surface area (Å²) in [6, 6.07) is 14.3. The second-order valence-electron chi connectivity index (χ2n) is 5.32. The maximum Gasteiger partial charge on any atom is 0.341 e. The second kappa shape index (κ2) is 8.06. The van der Waals surface area contributed by atoms with Crippen LogP contribution in [0.15, 0.2) is 60.8 Å². The van der Waals surface area contributed by atoms with E-state index in [2.05, 4.69) is 9.97 Å². The minimum atomic E-state index is -1.04. The molecule has 0 bridgehead atoms. The van der Waals surface area contributed by atoms with Gasteiger partial charge in [0.15, 0.2) is 12.4 Å². The molecular weight excluding hydrogens is 339 g/mol. The summed E-state index contributed by atoms with van der Waals surface area (Å²) in [5.74, 6) is 0.175. The fourth-order valence-electron chi connectivity index (χ4n) is 2.15. The summed E-state index contributed by atoms with van der Waals surface area (Å²) in [7, 11) is 0. The molecule has 1 heterocycles. The number of ether oxygens (including phenoxy) is 2. The minimum Gasteiger partial charge on any atom is -0.487 e. The first-order valence-corrected chi connectivity index (χ1v) is 7.75. The van der Waals surface area contributed by atoms with Gasteiger partial charge in [-0.25, -0.2) is 19.2 Å². The Hall–Kier alpha value is -3.48. The number of carbonyl (C=O) groups is 1. The van der Waals surface area contributed by atoms with E-state index in [4.69, 9.17) is 14.6 Å². The number of hydrogen-bond acceptors (Lipinski definition) is 5. The number of aliphatic carboxylic acids is 1. The van der Waals surface area contributed by atoms with Crippen LogP contribution in [0.25, 0.3) is 11.4 Å². The van der Waals surface area contributed by atoms with Crippen LogP contribution in [0.4, 0.5) is 4.39 Å². The largest absolute Gasteiger partial charge is 0.487 e. The molecule has 3 rings (SSSR count). The molecule has 1 N–H and O–H groups in total. The van der Waals surface area contributed by atoms with E-state index in [1.807, 2.05) is 0 Å². The number of halogens is 1. The molecule has 0 radical (unpaired) electrons. The average molecular weight is 354 g/mol. The highest BCUT2D eigenvalue weighted by molar-refractivity contribution is 5.68. The Morgan fingerprint density at radius 3 is 2.27 bits per heavy atom. The second-order valence-corrected chi connectivity index (χ2v) is 5.32. The molecule has 3 aromatic rings. The van der Waals surface area contributed by atoms with Crippen molar-refractivity contribution in [2.24, 2.45) is 0 Å². The van der Waals surface area contributed by atoms with E-state index < -0.39 is 12.6 Å². The lowest BCUT2D eigenvalue weighted by molar-refractivity contribution is -0.139. The molecule has 0 aliphatic carbocycles. The lowest BCUT2D eigenvalue weighted by Crippen LogP contribution is -2.09. The van der Waals surface area contributed by atoms with Gasteiger partial charge in [-0.3, -0.25) is 0 Å². The summed E-state index contributed by atoms with van der Waals surface area (Å²) in [6.07, 6.45) is 1.62. The summed E-state index contributed by atoms with van der Waals surface area (Å²) in [5, 5.41) is 8.58. The van der Waals surface area contributed by atoms with Crippen molar-refractivity contribution in [3.05, 3.63) is 72.3 Å². The van der Waals surface area contributed by atoms with E-state index in [9.17, 15) is 9.18 Å². The van der Waals surface area contributed by atoms with Crippen LogP contribution < -0.4 is 9.47 Å². The zero-order valence-electron chi connectivity index (χ0n) is 13.6. The van der Waals surface area contributed by atoms with Crippen molar-refractivity contribution in [3.8, 4) is 22.9 Å². The molecule has 0 atom stereocenters. The van der Waals surface area contributed by atoms with Crippen LogP contribution in [0.3, 0.4) is 0 Å².